The lowest BCUT2D eigenvalue weighted by atomic mass is 10.0. The molecule has 2 aliphatic rings. The lowest BCUT2D eigenvalue weighted by molar-refractivity contribution is 0.198. The van der Waals surface area contributed by atoms with E-state index in [2.05, 4.69) is 30.8 Å². The first kappa shape index (κ1) is 15.6. The molecule has 0 spiro atoms. The molecule has 128 valence electrons. The van der Waals surface area contributed by atoms with Gasteiger partial charge >= 0.3 is 0 Å². The van der Waals surface area contributed by atoms with E-state index in [4.69, 9.17) is 4.42 Å². The summed E-state index contributed by atoms with van der Waals surface area (Å²) in [7, 11) is 0. The van der Waals surface area contributed by atoms with Gasteiger partial charge < -0.3 is 9.32 Å². The Hall–Kier alpha value is -1.95. The zero-order chi connectivity index (χ0) is 16.5. The standard InChI is InChI=1S/C18H25N5O/c1-13-9-18(20-12-19-13)23(16-3-4-16)17-5-7-22(8-6-17)10-15-11-24-14(2)21-15/h9,11-12,16-17H,3-8,10H2,1-2H3. The molecule has 0 N–H and O–H groups in total. The van der Waals surface area contributed by atoms with E-state index in [1.165, 1.54) is 25.7 Å². The second-order valence-electron chi connectivity index (χ2n) is 7.02. The van der Waals surface area contributed by atoms with E-state index < -0.39 is 0 Å². The number of likely N-dealkylation sites (tertiary alicyclic amines) is 1. The number of nitrogens with zero attached hydrogens (tertiary/aromatic N) is 5. The summed E-state index contributed by atoms with van der Waals surface area (Å²) in [5.74, 6) is 1.86. The molecule has 3 heterocycles. The fraction of sp³-hybridized carbons (Fsp3) is 0.611. The number of rotatable bonds is 5. The predicted molar refractivity (Wildman–Crippen MR) is 91.8 cm³/mol. The number of piperidine rings is 1. The summed E-state index contributed by atoms with van der Waals surface area (Å²) in [6.45, 7) is 7.03. The highest BCUT2D eigenvalue weighted by molar-refractivity contribution is 5.43. The fourth-order valence-electron chi connectivity index (χ4n) is 3.67. The van der Waals surface area contributed by atoms with Crippen molar-refractivity contribution in [3.8, 4) is 0 Å². The molecule has 0 aromatic carbocycles. The van der Waals surface area contributed by atoms with E-state index in [1.807, 2.05) is 13.8 Å². The highest BCUT2D eigenvalue weighted by Gasteiger charge is 2.36. The van der Waals surface area contributed by atoms with E-state index in [-0.39, 0.29) is 0 Å². The Morgan fingerprint density at radius 3 is 2.50 bits per heavy atom. The molecule has 2 aromatic heterocycles. The van der Waals surface area contributed by atoms with Gasteiger partial charge in [0, 0.05) is 50.4 Å². The van der Waals surface area contributed by atoms with E-state index in [1.54, 1.807) is 12.6 Å². The van der Waals surface area contributed by atoms with Crippen molar-refractivity contribution in [3.05, 3.63) is 35.9 Å². The van der Waals surface area contributed by atoms with Crippen LogP contribution in [-0.4, -0.2) is 45.0 Å². The maximum atomic E-state index is 5.31. The van der Waals surface area contributed by atoms with Gasteiger partial charge in [0.1, 0.15) is 18.4 Å². The van der Waals surface area contributed by atoms with Crippen molar-refractivity contribution in [3.63, 3.8) is 0 Å². The molecule has 0 bridgehead atoms. The van der Waals surface area contributed by atoms with Crippen LogP contribution in [0.4, 0.5) is 5.82 Å². The highest BCUT2D eigenvalue weighted by Crippen LogP contribution is 2.35. The molecule has 0 unspecified atom stereocenters. The van der Waals surface area contributed by atoms with Gasteiger partial charge in [0.25, 0.3) is 0 Å². The van der Waals surface area contributed by atoms with E-state index in [9.17, 15) is 0 Å². The molecule has 2 fully saturated rings. The van der Waals surface area contributed by atoms with E-state index >= 15 is 0 Å². The van der Waals surface area contributed by atoms with Gasteiger partial charge in [0.05, 0.1) is 5.69 Å². The van der Waals surface area contributed by atoms with Crippen LogP contribution in [-0.2, 0) is 6.54 Å². The predicted octanol–water partition coefficient (Wildman–Crippen LogP) is 2.71. The third-order valence-corrected chi connectivity index (χ3v) is 5.00. The zero-order valence-electron chi connectivity index (χ0n) is 14.5. The van der Waals surface area contributed by atoms with Crippen LogP contribution in [0, 0.1) is 13.8 Å². The average Bonchev–Trinajstić information content (AvgIpc) is 3.32. The van der Waals surface area contributed by atoms with Gasteiger partial charge in [0.2, 0.25) is 0 Å². The summed E-state index contributed by atoms with van der Waals surface area (Å²) in [4.78, 5) is 18.2. The van der Waals surface area contributed by atoms with Gasteiger partial charge in [-0.1, -0.05) is 0 Å². The minimum absolute atomic E-state index is 0.585. The second kappa shape index (κ2) is 6.51. The second-order valence-corrected chi connectivity index (χ2v) is 7.02. The zero-order valence-corrected chi connectivity index (χ0v) is 14.5. The number of aryl methyl sites for hydroxylation is 2. The first-order valence-electron chi connectivity index (χ1n) is 8.89. The molecule has 2 aromatic rings. The third-order valence-electron chi connectivity index (χ3n) is 5.00. The SMILES string of the molecule is Cc1cc(N(C2CC2)C2CCN(Cc3coc(C)n3)CC2)ncn1. The largest absolute Gasteiger partial charge is 0.449 e. The average molecular weight is 327 g/mol. The molecule has 4 rings (SSSR count). The molecule has 1 aliphatic heterocycles. The van der Waals surface area contributed by atoms with Crippen molar-refractivity contribution >= 4 is 5.82 Å². The summed E-state index contributed by atoms with van der Waals surface area (Å²) in [5, 5.41) is 0. The summed E-state index contributed by atoms with van der Waals surface area (Å²) in [6.07, 6.45) is 8.42. The minimum Gasteiger partial charge on any atom is -0.449 e. The van der Waals surface area contributed by atoms with Gasteiger partial charge in [-0.15, -0.1) is 0 Å². The van der Waals surface area contributed by atoms with Crippen LogP contribution in [0.25, 0.3) is 0 Å². The topological polar surface area (TPSA) is 58.3 Å². The molecule has 0 atom stereocenters. The Morgan fingerprint density at radius 1 is 1.12 bits per heavy atom. The van der Waals surface area contributed by atoms with Crippen LogP contribution >= 0.6 is 0 Å². The van der Waals surface area contributed by atoms with Gasteiger partial charge in [-0.3, -0.25) is 4.90 Å². The number of oxazole rings is 1. The van der Waals surface area contributed by atoms with Gasteiger partial charge in [-0.25, -0.2) is 15.0 Å². The van der Waals surface area contributed by atoms with Gasteiger partial charge in [-0.05, 0) is 32.6 Å². The quantitative estimate of drug-likeness (QED) is 0.841. The lowest BCUT2D eigenvalue weighted by Crippen LogP contribution is -2.46. The molecular formula is C18H25N5O. The van der Waals surface area contributed by atoms with Crippen LogP contribution in [0.3, 0.4) is 0 Å². The minimum atomic E-state index is 0.585. The van der Waals surface area contributed by atoms with E-state index in [0.29, 0.717) is 12.1 Å². The smallest absolute Gasteiger partial charge is 0.191 e. The summed E-state index contributed by atoms with van der Waals surface area (Å²) in [6, 6.07) is 3.39. The molecule has 24 heavy (non-hydrogen) atoms. The Labute approximate surface area is 142 Å². The van der Waals surface area contributed by atoms with Crippen LogP contribution in [0.1, 0.15) is 43.0 Å². The van der Waals surface area contributed by atoms with Crippen LogP contribution in [0.15, 0.2) is 23.1 Å². The van der Waals surface area contributed by atoms with Crippen molar-refractivity contribution in [2.24, 2.45) is 0 Å². The van der Waals surface area contributed by atoms with Crippen molar-refractivity contribution < 1.29 is 4.42 Å². The number of aromatic nitrogens is 3. The van der Waals surface area contributed by atoms with Crippen LogP contribution in [0.5, 0.6) is 0 Å². The normalized spacial score (nSPS) is 19.6. The first-order valence-corrected chi connectivity index (χ1v) is 8.89. The molecule has 0 amide bonds. The van der Waals surface area contributed by atoms with Crippen molar-refractivity contribution in [2.75, 3.05) is 18.0 Å². The van der Waals surface area contributed by atoms with Gasteiger partial charge in [0.15, 0.2) is 5.89 Å². The monoisotopic (exact) mass is 327 g/mol. The summed E-state index contributed by atoms with van der Waals surface area (Å²) in [5.41, 5.74) is 2.08. The lowest BCUT2D eigenvalue weighted by Gasteiger charge is -2.39. The first-order chi connectivity index (χ1) is 11.7. The van der Waals surface area contributed by atoms with Gasteiger partial charge in [-0.2, -0.15) is 0 Å². The van der Waals surface area contributed by atoms with Crippen LogP contribution in [0.2, 0.25) is 0 Å². The summed E-state index contributed by atoms with van der Waals surface area (Å²) >= 11 is 0. The fourth-order valence-corrected chi connectivity index (χ4v) is 3.67. The van der Waals surface area contributed by atoms with Crippen molar-refractivity contribution in [2.45, 2.75) is 58.2 Å². The molecule has 1 saturated carbocycles. The Kier molecular flexibility index (Phi) is 4.22. The maximum absolute atomic E-state index is 5.31. The molecule has 0 radical (unpaired) electrons. The maximum Gasteiger partial charge on any atom is 0.191 e. The van der Waals surface area contributed by atoms with Crippen LogP contribution < -0.4 is 4.90 Å². The number of anilines is 1. The molecular weight excluding hydrogens is 302 g/mol. The van der Waals surface area contributed by atoms with Crippen molar-refractivity contribution in [1.29, 1.82) is 0 Å². The Balaban J connectivity index is 1.40. The third kappa shape index (κ3) is 3.43. The molecule has 1 saturated heterocycles. The molecule has 6 heteroatoms. The molecule has 1 aliphatic carbocycles. The number of hydrogen-bond acceptors (Lipinski definition) is 6. The van der Waals surface area contributed by atoms with Crippen molar-refractivity contribution in [1.82, 2.24) is 19.9 Å². The molecule has 6 nitrogen and oxygen atoms in total. The highest BCUT2D eigenvalue weighted by atomic mass is 16.3. The Bertz CT molecular complexity index is 688. The summed E-state index contributed by atoms with van der Waals surface area (Å²) < 4.78 is 5.31. The Morgan fingerprint density at radius 2 is 1.88 bits per heavy atom. The van der Waals surface area contributed by atoms with E-state index in [0.717, 1.165) is 42.7 Å². The number of hydrogen-bond donors (Lipinski definition) is 0.